The summed E-state index contributed by atoms with van der Waals surface area (Å²) in [6.07, 6.45) is 2.07. The molecule has 0 saturated carbocycles. The lowest BCUT2D eigenvalue weighted by molar-refractivity contribution is 1.19. The molecule has 220 valence electrons. The standard InChI is InChI=1S/C43H28N4/c1-2-14-32(15-3-1)42-41(46-40-22-8-9-27-47(40)42)31-23-25-33(26-24-31)43-44-38(36-20-10-16-29-12-4-6-18-34(29)36)28-39(45-43)37-21-11-17-30-13-5-7-19-35(30)37/h1-28H. The van der Waals surface area contributed by atoms with E-state index in [-0.39, 0.29) is 0 Å². The zero-order valence-electron chi connectivity index (χ0n) is 25.5. The lowest BCUT2D eigenvalue weighted by Gasteiger charge is -2.13. The molecule has 47 heavy (non-hydrogen) atoms. The smallest absolute Gasteiger partial charge is 0.160 e. The average molecular weight is 601 g/mol. The summed E-state index contributed by atoms with van der Waals surface area (Å²) < 4.78 is 2.16. The molecule has 0 spiro atoms. The summed E-state index contributed by atoms with van der Waals surface area (Å²) in [5.74, 6) is 0.684. The highest BCUT2D eigenvalue weighted by Crippen LogP contribution is 2.36. The molecule has 6 aromatic carbocycles. The van der Waals surface area contributed by atoms with Crippen molar-refractivity contribution >= 4 is 27.2 Å². The number of nitrogens with zero attached hydrogens (tertiary/aromatic N) is 4. The molecular weight excluding hydrogens is 573 g/mol. The second kappa shape index (κ2) is 11.2. The molecule has 0 saturated heterocycles. The van der Waals surface area contributed by atoms with E-state index in [9.17, 15) is 0 Å². The van der Waals surface area contributed by atoms with Gasteiger partial charge < -0.3 is 0 Å². The van der Waals surface area contributed by atoms with Gasteiger partial charge in [0.15, 0.2) is 5.82 Å². The molecule has 0 radical (unpaired) electrons. The Morgan fingerprint density at radius 1 is 0.404 bits per heavy atom. The summed E-state index contributed by atoms with van der Waals surface area (Å²) in [7, 11) is 0. The number of imidazole rings is 1. The molecule has 0 aliphatic carbocycles. The Balaban J connectivity index is 1.22. The van der Waals surface area contributed by atoms with Crippen LogP contribution in [0.2, 0.25) is 0 Å². The van der Waals surface area contributed by atoms with Crippen molar-refractivity contribution in [1.29, 1.82) is 0 Å². The highest BCUT2D eigenvalue weighted by Gasteiger charge is 2.17. The van der Waals surface area contributed by atoms with Gasteiger partial charge >= 0.3 is 0 Å². The number of aromatic nitrogens is 4. The Morgan fingerprint density at radius 3 is 1.62 bits per heavy atom. The number of hydrogen-bond donors (Lipinski definition) is 0. The predicted molar refractivity (Wildman–Crippen MR) is 193 cm³/mol. The predicted octanol–water partition coefficient (Wildman–Crippen LogP) is 10.8. The summed E-state index contributed by atoms with van der Waals surface area (Å²) >= 11 is 0. The van der Waals surface area contributed by atoms with Crippen LogP contribution < -0.4 is 0 Å². The van der Waals surface area contributed by atoms with Crippen molar-refractivity contribution in [2.24, 2.45) is 0 Å². The van der Waals surface area contributed by atoms with Crippen LogP contribution in [-0.4, -0.2) is 19.4 Å². The minimum atomic E-state index is 0.684. The molecule has 4 heteroatoms. The maximum Gasteiger partial charge on any atom is 0.160 e. The van der Waals surface area contributed by atoms with Crippen LogP contribution in [0, 0.1) is 0 Å². The highest BCUT2D eigenvalue weighted by atomic mass is 15.0. The van der Waals surface area contributed by atoms with Gasteiger partial charge in [-0.2, -0.15) is 0 Å². The monoisotopic (exact) mass is 600 g/mol. The van der Waals surface area contributed by atoms with E-state index in [0.717, 1.165) is 56.2 Å². The van der Waals surface area contributed by atoms with Crippen molar-refractivity contribution in [2.45, 2.75) is 0 Å². The van der Waals surface area contributed by atoms with E-state index < -0.39 is 0 Å². The first-order chi connectivity index (χ1) is 23.3. The van der Waals surface area contributed by atoms with Crippen molar-refractivity contribution < 1.29 is 0 Å². The minimum absolute atomic E-state index is 0.684. The number of benzene rings is 6. The van der Waals surface area contributed by atoms with Gasteiger partial charge in [0.1, 0.15) is 5.65 Å². The van der Waals surface area contributed by atoms with Gasteiger partial charge in [-0.05, 0) is 39.7 Å². The maximum atomic E-state index is 5.20. The van der Waals surface area contributed by atoms with Crippen molar-refractivity contribution in [2.75, 3.05) is 0 Å². The number of hydrogen-bond acceptors (Lipinski definition) is 3. The van der Waals surface area contributed by atoms with Crippen LogP contribution in [0.15, 0.2) is 170 Å². The van der Waals surface area contributed by atoms with E-state index in [1.54, 1.807) is 0 Å². The van der Waals surface area contributed by atoms with Gasteiger partial charge in [0, 0.05) is 34.0 Å². The summed E-state index contributed by atoms with van der Waals surface area (Å²) in [4.78, 5) is 15.5. The molecule has 9 aromatic rings. The van der Waals surface area contributed by atoms with Crippen molar-refractivity contribution in [3.8, 4) is 56.4 Å². The molecule has 0 bridgehead atoms. The van der Waals surface area contributed by atoms with Crippen LogP contribution in [0.25, 0.3) is 83.6 Å². The Morgan fingerprint density at radius 2 is 0.957 bits per heavy atom. The first-order valence-corrected chi connectivity index (χ1v) is 15.8. The molecule has 4 nitrogen and oxygen atoms in total. The fraction of sp³-hybridized carbons (Fsp3) is 0. The Kier molecular flexibility index (Phi) is 6.43. The fourth-order valence-corrected chi connectivity index (χ4v) is 6.60. The first kappa shape index (κ1) is 27.0. The number of pyridine rings is 1. The minimum Gasteiger partial charge on any atom is -0.299 e. The van der Waals surface area contributed by atoms with Gasteiger partial charge in [-0.3, -0.25) is 4.40 Å². The van der Waals surface area contributed by atoms with Gasteiger partial charge in [-0.15, -0.1) is 0 Å². The summed E-state index contributed by atoms with van der Waals surface area (Å²) in [6, 6.07) is 56.9. The largest absolute Gasteiger partial charge is 0.299 e. The lowest BCUT2D eigenvalue weighted by Crippen LogP contribution is -1.97. The second-order valence-electron chi connectivity index (χ2n) is 11.7. The Hall–Kier alpha value is -6.39. The summed E-state index contributed by atoms with van der Waals surface area (Å²) in [5.41, 5.74) is 9.99. The molecule has 0 aliphatic heterocycles. The molecule has 0 fully saturated rings. The molecule has 0 N–H and O–H groups in total. The van der Waals surface area contributed by atoms with E-state index in [4.69, 9.17) is 15.0 Å². The highest BCUT2D eigenvalue weighted by molar-refractivity contribution is 5.99. The first-order valence-electron chi connectivity index (χ1n) is 15.8. The summed E-state index contributed by atoms with van der Waals surface area (Å²) in [5, 5.41) is 4.70. The number of rotatable bonds is 5. The molecule has 3 aromatic heterocycles. The van der Waals surface area contributed by atoms with E-state index in [1.165, 1.54) is 21.5 Å². The fourth-order valence-electron chi connectivity index (χ4n) is 6.60. The third kappa shape index (κ3) is 4.75. The molecular formula is C43H28N4. The van der Waals surface area contributed by atoms with Crippen LogP contribution in [0.3, 0.4) is 0 Å². The van der Waals surface area contributed by atoms with E-state index in [0.29, 0.717) is 5.82 Å². The van der Waals surface area contributed by atoms with Crippen molar-refractivity contribution in [3.05, 3.63) is 170 Å². The van der Waals surface area contributed by atoms with Gasteiger partial charge in [-0.25, -0.2) is 15.0 Å². The lowest BCUT2D eigenvalue weighted by atomic mass is 9.98. The second-order valence-corrected chi connectivity index (χ2v) is 11.7. The van der Waals surface area contributed by atoms with Gasteiger partial charge in [0.05, 0.1) is 22.8 Å². The molecule has 9 rings (SSSR count). The molecule has 0 unspecified atom stereocenters. The zero-order valence-corrected chi connectivity index (χ0v) is 25.5. The van der Waals surface area contributed by atoms with Crippen LogP contribution in [-0.2, 0) is 0 Å². The molecule has 0 atom stereocenters. The van der Waals surface area contributed by atoms with Crippen LogP contribution in [0.4, 0.5) is 0 Å². The molecule has 0 aliphatic rings. The van der Waals surface area contributed by atoms with Crippen LogP contribution in [0.5, 0.6) is 0 Å². The third-order valence-corrected chi connectivity index (χ3v) is 8.85. The van der Waals surface area contributed by atoms with E-state index >= 15 is 0 Å². The van der Waals surface area contributed by atoms with E-state index in [1.807, 2.05) is 24.3 Å². The van der Waals surface area contributed by atoms with Crippen LogP contribution in [0.1, 0.15) is 0 Å². The van der Waals surface area contributed by atoms with Crippen molar-refractivity contribution in [1.82, 2.24) is 19.4 Å². The van der Waals surface area contributed by atoms with Gasteiger partial charge in [-0.1, -0.05) is 146 Å². The van der Waals surface area contributed by atoms with Crippen molar-refractivity contribution in [3.63, 3.8) is 0 Å². The quantitative estimate of drug-likeness (QED) is 0.197. The molecule has 3 heterocycles. The number of fused-ring (bicyclic) bond motifs is 3. The average Bonchev–Trinajstić information content (AvgIpc) is 3.54. The van der Waals surface area contributed by atoms with Gasteiger partial charge in [0.25, 0.3) is 0 Å². The topological polar surface area (TPSA) is 43.1 Å². The third-order valence-electron chi connectivity index (χ3n) is 8.85. The van der Waals surface area contributed by atoms with Crippen LogP contribution >= 0.6 is 0 Å². The zero-order chi connectivity index (χ0) is 31.2. The maximum absolute atomic E-state index is 5.20. The van der Waals surface area contributed by atoms with E-state index in [2.05, 4.69) is 150 Å². The Labute approximate surface area is 272 Å². The summed E-state index contributed by atoms with van der Waals surface area (Å²) in [6.45, 7) is 0. The SMILES string of the molecule is c1ccc(-c2c(-c3ccc(-c4nc(-c5cccc6ccccc56)cc(-c5cccc6ccccc56)n4)cc3)nc3ccccn23)cc1. The molecule has 0 amide bonds. The van der Waals surface area contributed by atoms with Gasteiger partial charge in [0.2, 0.25) is 0 Å². The Bertz CT molecular complexity index is 2460. The normalized spacial score (nSPS) is 11.4.